The number of methoxy groups -OCH3 is 1. The van der Waals surface area contributed by atoms with Gasteiger partial charge >= 0.3 is 0 Å². The Labute approximate surface area is 153 Å². The van der Waals surface area contributed by atoms with Gasteiger partial charge in [0.05, 0.1) is 13.5 Å². The first-order valence-corrected chi connectivity index (χ1v) is 9.01. The first-order chi connectivity index (χ1) is 12.6. The number of amides is 2. The summed E-state index contributed by atoms with van der Waals surface area (Å²) < 4.78 is 5.13. The molecular formula is C21H22N2O3. The van der Waals surface area contributed by atoms with Crippen molar-refractivity contribution in [3.8, 4) is 5.75 Å². The van der Waals surface area contributed by atoms with Crippen molar-refractivity contribution in [3.63, 3.8) is 0 Å². The lowest BCUT2D eigenvalue weighted by atomic mass is 10.1. The lowest BCUT2D eigenvalue weighted by molar-refractivity contribution is -0.119. The number of nitrogens with zero attached hydrogens (tertiary/aromatic N) is 1. The number of benzene rings is 2. The number of nitrogens with one attached hydrogen (secondary N) is 1. The number of hydrogen-bond acceptors (Lipinski definition) is 3. The Hall–Kier alpha value is -2.82. The maximum Gasteiger partial charge on any atom is 0.230 e. The Morgan fingerprint density at radius 2 is 1.92 bits per heavy atom. The van der Waals surface area contributed by atoms with Crippen LogP contribution >= 0.6 is 0 Å². The Balaban J connectivity index is 1.40. The number of carbonyl (C=O) groups is 2. The summed E-state index contributed by atoms with van der Waals surface area (Å²) in [7, 11) is 1.62. The Kier molecular flexibility index (Phi) is 4.37. The molecule has 1 aliphatic carbocycles. The molecule has 2 aromatic carbocycles. The SMILES string of the molecule is COc1ccc(CC(=O)Nc2ccc3c(c2)CCN3C(=O)C2CC2)cc1. The zero-order valence-electron chi connectivity index (χ0n) is 14.8. The molecule has 134 valence electrons. The molecular weight excluding hydrogens is 328 g/mol. The quantitative estimate of drug-likeness (QED) is 0.901. The van der Waals surface area contributed by atoms with E-state index in [-0.39, 0.29) is 17.7 Å². The van der Waals surface area contributed by atoms with Crippen molar-refractivity contribution in [2.45, 2.75) is 25.7 Å². The third-order valence-corrected chi connectivity index (χ3v) is 4.98. The van der Waals surface area contributed by atoms with Crippen LogP contribution in [0.2, 0.25) is 0 Å². The minimum atomic E-state index is -0.0565. The van der Waals surface area contributed by atoms with Crippen LogP contribution in [0, 0.1) is 5.92 Å². The molecule has 2 aromatic rings. The molecule has 0 spiro atoms. The van der Waals surface area contributed by atoms with Gasteiger partial charge in [0, 0.05) is 23.8 Å². The molecule has 2 aliphatic rings. The van der Waals surface area contributed by atoms with Gasteiger partial charge in [-0.05, 0) is 60.7 Å². The summed E-state index contributed by atoms with van der Waals surface area (Å²) in [4.78, 5) is 26.5. The minimum Gasteiger partial charge on any atom is -0.497 e. The maximum absolute atomic E-state index is 12.3. The number of anilines is 2. The molecule has 1 N–H and O–H groups in total. The summed E-state index contributed by atoms with van der Waals surface area (Å²) >= 11 is 0. The normalized spacial score (nSPS) is 15.5. The number of hydrogen-bond donors (Lipinski definition) is 1. The topological polar surface area (TPSA) is 58.6 Å². The Morgan fingerprint density at radius 3 is 2.62 bits per heavy atom. The molecule has 4 rings (SSSR count). The van der Waals surface area contributed by atoms with Gasteiger partial charge in [-0.15, -0.1) is 0 Å². The zero-order valence-corrected chi connectivity index (χ0v) is 14.8. The number of carbonyl (C=O) groups excluding carboxylic acids is 2. The van der Waals surface area contributed by atoms with Crippen LogP contribution in [-0.4, -0.2) is 25.5 Å². The third kappa shape index (κ3) is 3.43. The average molecular weight is 350 g/mol. The number of ether oxygens (including phenoxy) is 1. The van der Waals surface area contributed by atoms with E-state index in [0.717, 1.165) is 54.1 Å². The van der Waals surface area contributed by atoms with Crippen molar-refractivity contribution in [3.05, 3.63) is 53.6 Å². The summed E-state index contributed by atoms with van der Waals surface area (Å²) in [5, 5.41) is 2.95. The molecule has 0 radical (unpaired) electrons. The summed E-state index contributed by atoms with van der Waals surface area (Å²) in [6, 6.07) is 13.3. The summed E-state index contributed by atoms with van der Waals surface area (Å²) in [5.74, 6) is 1.20. The fourth-order valence-corrected chi connectivity index (χ4v) is 3.39. The van der Waals surface area contributed by atoms with Crippen molar-refractivity contribution in [1.29, 1.82) is 0 Å². The van der Waals surface area contributed by atoms with Gasteiger partial charge in [0.1, 0.15) is 5.75 Å². The van der Waals surface area contributed by atoms with E-state index in [1.165, 1.54) is 0 Å². The van der Waals surface area contributed by atoms with Gasteiger partial charge in [0.2, 0.25) is 11.8 Å². The van der Waals surface area contributed by atoms with E-state index in [1.807, 2.05) is 47.4 Å². The fraction of sp³-hybridized carbons (Fsp3) is 0.333. The molecule has 5 heteroatoms. The molecule has 0 bridgehead atoms. The lowest BCUT2D eigenvalue weighted by Gasteiger charge is -2.17. The van der Waals surface area contributed by atoms with Crippen LogP contribution in [0.15, 0.2) is 42.5 Å². The highest BCUT2D eigenvalue weighted by molar-refractivity contribution is 5.99. The molecule has 26 heavy (non-hydrogen) atoms. The highest BCUT2D eigenvalue weighted by Crippen LogP contribution is 2.37. The second kappa shape index (κ2) is 6.83. The predicted octanol–water partition coefficient (Wildman–Crippen LogP) is 3.18. The predicted molar refractivity (Wildman–Crippen MR) is 101 cm³/mol. The third-order valence-electron chi connectivity index (χ3n) is 4.98. The van der Waals surface area contributed by atoms with Gasteiger partial charge in [-0.3, -0.25) is 9.59 Å². The van der Waals surface area contributed by atoms with E-state index in [4.69, 9.17) is 4.74 Å². The van der Waals surface area contributed by atoms with Crippen LogP contribution in [0.1, 0.15) is 24.0 Å². The molecule has 5 nitrogen and oxygen atoms in total. The molecule has 0 saturated heterocycles. The van der Waals surface area contributed by atoms with E-state index < -0.39 is 0 Å². The van der Waals surface area contributed by atoms with Crippen LogP contribution in [0.5, 0.6) is 5.75 Å². The van der Waals surface area contributed by atoms with Crippen LogP contribution < -0.4 is 15.0 Å². The van der Waals surface area contributed by atoms with Gasteiger partial charge < -0.3 is 15.0 Å². The lowest BCUT2D eigenvalue weighted by Crippen LogP contribution is -2.30. The Morgan fingerprint density at radius 1 is 1.15 bits per heavy atom. The highest BCUT2D eigenvalue weighted by atomic mass is 16.5. The first-order valence-electron chi connectivity index (χ1n) is 9.01. The maximum atomic E-state index is 12.3. The van der Waals surface area contributed by atoms with Crippen molar-refractivity contribution in [2.75, 3.05) is 23.9 Å². The zero-order chi connectivity index (χ0) is 18.1. The van der Waals surface area contributed by atoms with Gasteiger partial charge in [-0.2, -0.15) is 0 Å². The molecule has 1 aliphatic heterocycles. The Bertz CT molecular complexity index is 841. The molecule has 1 fully saturated rings. The molecule has 0 aromatic heterocycles. The number of rotatable bonds is 5. The highest BCUT2D eigenvalue weighted by Gasteiger charge is 2.36. The van der Waals surface area contributed by atoms with E-state index in [1.54, 1.807) is 7.11 Å². The summed E-state index contributed by atoms with van der Waals surface area (Å²) in [6.45, 7) is 0.744. The minimum absolute atomic E-state index is 0.0565. The molecule has 1 saturated carbocycles. The molecule has 0 atom stereocenters. The standard InChI is InChI=1S/C21H22N2O3/c1-26-18-7-2-14(3-8-18)12-20(24)22-17-6-9-19-16(13-17)10-11-23(19)21(25)15-4-5-15/h2-3,6-9,13,15H,4-5,10-12H2,1H3,(H,22,24). The monoisotopic (exact) mass is 350 g/mol. The fourth-order valence-electron chi connectivity index (χ4n) is 3.39. The van der Waals surface area contributed by atoms with Gasteiger partial charge in [0.15, 0.2) is 0 Å². The van der Waals surface area contributed by atoms with Crippen molar-refractivity contribution in [1.82, 2.24) is 0 Å². The van der Waals surface area contributed by atoms with Crippen molar-refractivity contribution < 1.29 is 14.3 Å². The van der Waals surface area contributed by atoms with E-state index in [0.29, 0.717) is 6.42 Å². The van der Waals surface area contributed by atoms with Crippen LogP contribution in [0.4, 0.5) is 11.4 Å². The second-order valence-electron chi connectivity index (χ2n) is 6.93. The van der Waals surface area contributed by atoms with E-state index >= 15 is 0 Å². The molecule has 2 amide bonds. The van der Waals surface area contributed by atoms with Crippen molar-refractivity contribution >= 4 is 23.2 Å². The van der Waals surface area contributed by atoms with E-state index in [2.05, 4.69) is 5.32 Å². The van der Waals surface area contributed by atoms with Crippen LogP contribution in [0.25, 0.3) is 0 Å². The molecule has 1 heterocycles. The van der Waals surface area contributed by atoms with Crippen LogP contribution in [0.3, 0.4) is 0 Å². The van der Waals surface area contributed by atoms with Crippen LogP contribution in [-0.2, 0) is 22.4 Å². The van der Waals surface area contributed by atoms with E-state index in [9.17, 15) is 9.59 Å². The van der Waals surface area contributed by atoms with Gasteiger partial charge in [-0.1, -0.05) is 12.1 Å². The summed E-state index contributed by atoms with van der Waals surface area (Å²) in [6.07, 6.45) is 3.19. The smallest absolute Gasteiger partial charge is 0.230 e. The summed E-state index contributed by atoms with van der Waals surface area (Å²) in [5.41, 5.74) is 3.84. The first kappa shape index (κ1) is 16.6. The number of fused-ring (bicyclic) bond motifs is 1. The van der Waals surface area contributed by atoms with Gasteiger partial charge in [-0.25, -0.2) is 0 Å². The second-order valence-corrected chi connectivity index (χ2v) is 6.93. The van der Waals surface area contributed by atoms with Gasteiger partial charge in [0.25, 0.3) is 0 Å². The average Bonchev–Trinajstić information content (AvgIpc) is 3.41. The van der Waals surface area contributed by atoms with Crippen molar-refractivity contribution in [2.24, 2.45) is 5.92 Å². The largest absolute Gasteiger partial charge is 0.497 e. The molecule has 0 unspecified atom stereocenters.